The van der Waals surface area contributed by atoms with Crippen molar-refractivity contribution in [2.75, 3.05) is 5.32 Å². The van der Waals surface area contributed by atoms with Gasteiger partial charge in [0.15, 0.2) is 5.78 Å². The van der Waals surface area contributed by atoms with Gasteiger partial charge in [-0.1, -0.05) is 0 Å². The first-order chi connectivity index (χ1) is 8.49. The van der Waals surface area contributed by atoms with Crippen LogP contribution in [0.4, 0.5) is 5.69 Å². The molecule has 0 bridgehead atoms. The summed E-state index contributed by atoms with van der Waals surface area (Å²) in [6, 6.07) is 5.56. The van der Waals surface area contributed by atoms with Gasteiger partial charge in [-0.3, -0.25) is 9.59 Å². The molecule has 0 amide bonds. The minimum atomic E-state index is 0.0358. The molecule has 3 nitrogen and oxygen atoms in total. The summed E-state index contributed by atoms with van der Waals surface area (Å²) in [4.78, 5) is 22.7. The standard InChI is InChI=1S/C14H14INO2/c1-8-7-10(14(15)18)3-4-11(8)16-12-5-6-13(17)9(12)2/h3-4,7,16H,5-6H2,1-2H3. The second-order valence-corrected chi connectivity index (χ2v) is 5.43. The molecule has 0 spiro atoms. The summed E-state index contributed by atoms with van der Waals surface area (Å²) >= 11 is 1.78. The van der Waals surface area contributed by atoms with E-state index < -0.39 is 0 Å². The number of Topliss-reactive ketones (excluding diaryl/α,β-unsaturated/α-hetero) is 1. The zero-order chi connectivity index (χ0) is 13.3. The van der Waals surface area contributed by atoms with E-state index in [9.17, 15) is 9.59 Å². The van der Waals surface area contributed by atoms with Gasteiger partial charge < -0.3 is 5.32 Å². The lowest BCUT2D eigenvalue weighted by Gasteiger charge is -2.11. The molecule has 94 valence electrons. The van der Waals surface area contributed by atoms with Crippen LogP contribution in [0.15, 0.2) is 29.5 Å². The lowest BCUT2D eigenvalue weighted by molar-refractivity contribution is -0.114. The highest BCUT2D eigenvalue weighted by Crippen LogP contribution is 2.26. The van der Waals surface area contributed by atoms with Gasteiger partial charge in [0.2, 0.25) is 3.79 Å². The lowest BCUT2D eigenvalue weighted by atomic mass is 10.1. The Morgan fingerprint density at radius 1 is 1.28 bits per heavy atom. The maximum absolute atomic E-state index is 11.5. The van der Waals surface area contributed by atoms with Crippen molar-refractivity contribution in [1.29, 1.82) is 0 Å². The van der Waals surface area contributed by atoms with Gasteiger partial charge >= 0.3 is 0 Å². The van der Waals surface area contributed by atoms with E-state index in [0.717, 1.165) is 28.9 Å². The van der Waals surface area contributed by atoms with Gasteiger partial charge in [-0.05, 0) is 44.0 Å². The topological polar surface area (TPSA) is 46.2 Å². The van der Waals surface area contributed by atoms with E-state index >= 15 is 0 Å². The molecule has 0 aromatic heterocycles. The van der Waals surface area contributed by atoms with Gasteiger partial charge in [0.1, 0.15) is 0 Å². The molecule has 1 aliphatic rings. The first kappa shape index (κ1) is 13.3. The fourth-order valence-corrected chi connectivity index (χ4v) is 2.36. The number of ketones is 1. The Labute approximate surface area is 120 Å². The first-order valence-electron chi connectivity index (χ1n) is 5.79. The molecular formula is C14H14INO2. The summed E-state index contributed by atoms with van der Waals surface area (Å²) in [5, 5.41) is 3.30. The monoisotopic (exact) mass is 355 g/mol. The molecule has 4 heteroatoms. The predicted octanol–water partition coefficient (Wildman–Crippen LogP) is 3.62. The molecular weight excluding hydrogens is 341 g/mol. The number of rotatable bonds is 3. The van der Waals surface area contributed by atoms with E-state index in [1.165, 1.54) is 0 Å². The summed E-state index contributed by atoms with van der Waals surface area (Å²) < 4.78 is 0.0358. The molecule has 0 aliphatic heterocycles. The maximum Gasteiger partial charge on any atom is 0.222 e. The van der Waals surface area contributed by atoms with Crippen molar-refractivity contribution in [2.24, 2.45) is 0 Å². The average Bonchev–Trinajstić information content (AvgIpc) is 2.63. The van der Waals surface area contributed by atoms with Crippen LogP contribution in [0.1, 0.15) is 35.7 Å². The third-order valence-electron chi connectivity index (χ3n) is 3.21. The van der Waals surface area contributed by atoms with Gasteiger partial charge in [-0.15, -0.1) is 0 Å². The number of carbonyl (C=O) groups is 2. The first-order valence-corrected chi connectivity index (χ1v) is 6.87. The van der Waals surface area contributed by atoms with E-state index in [0.29, 0.717) is 12.0 Å². The van der Waals surface area contributed by atoms with Crippen molar-refractivity contribution in [1.82, 2.24) is 0 Å². The molecule has 0 atom stereocenters. The summed E-state index contributed by atoms with van der Waals surface area (Å²) in [6.45, 7) is 3.81. The van der Waals surface area contributed by atoms with Crippen LogP contribution in [-0.4, -0.2) is 9.57 Å². The van der Waals surface area contributed by atoms with Crippen LogP contribution in [0.25, 0.3) is 0 Å². The van der Waals surface area contributed by atoms with Gasteiger partial charge in [0.05, 0.1) is 0 Å². The third kappa shape index (κ3) is 2.63. The fraction of sp³-hybridized carbons (Fsp3) is 0.286. The van der Waals surface area contributed by atoms with Crippen LogP contribution >= 0.6 is 22.6 Å². The van der Waals surface area contributed by atoms with Crippen molar-refractivity contribution in [3.8, 4) is 0 Å². The van der Waals surface area contributed by atoms with Gasteiger partial charge in [-0.25, -0.2) is 0 Å². The molecule has 2 rings (SSSR count). The Bertz CT molecular complexity index is 561. The average molecular weight is 355 g/mol. The van der Waals surface area contributed by atoms with Crippen molar-refractivity contribution >= 4 is 37.9 Å². The van der Waals surface area contributed by atoms with E-state index in [-0.39, 0.29) is 9.57 Å². The second-order valence-electron chi connectivity index (χ2n) is 4.46. The van der Waals surface area contributed by atoms with Crippen LogP contribution in [0.5, 0.6) is 0 Å². The van der Waals surface area contributed by atoms with Crippen LogP contribution in [-0.2, 0) is 4.79 Å². The summed E-state index contributed by atoms with van der Waals surface area (Å²) in [6.07, 6.45) is 1.37. The lowest BCUT2D eigenvalue weighted by Crippen LogP contribution is -2.02. The smallest absolute Gasteiger partial charge is 0.222 e. The number of hydrogen-bond donors (Lipinski definition) is 1. The van der Waals surface area contributed by atoms with Crippen LogP contribution in [0.2, 0.25) is 0 Å². The third-order valence-corrected chi connectivity index (χ3v) is 3.83. The molecule has 1 N–H and O–H groups in total. The quantitative estimate of drug-likeness (QED) is 0.666. The van der Waals surface area contributed by atoms with Crippen LogP contribution in [0, 0.1) is 6.92 Å². The minimum absolute atomic E-state index is 0.0358. The van der Waals surface area contributed by atoms with Crippen LogP contribution in [0.3, 0.4) is 0 Å². The number of carbonyl (C=O) groups excluding carboxylic acids is 2. The highest BCUT2D eigenvalue weighted by atomic mass is 127. The molecule has 0 heterocycles. The van der Waals surface area contributed by atoms with Crippen molar-refractivity contribution in [3.05, 3.63) is 40.6 Å². The Morgan fingerprint density at radius 3 is 2.50 bits per heavy atom. The Balaban J connectivity index is 2.26. The van der Waals surface area contributed by atoms with Crippen molar-refractivity contribution in [2.45, 2.75) is 26.7 Å². The Hall–Kier alpha value is -1.17. The molecule has 0 radical (unpaired) electrons. The molecule has 0 saturated heterocycles. The number of aryl methyl sites for hydroxylation is 1. The number of hydrogen-bond acceptors (Lipinski definition) is 3. The Morgan fingerprint density at radius 2 is 2.00 bits per heavy atom. The molecule has 0 saturated carbocycles. The zero-order valence-corrected chi connectivity index (χ0v) is 12.5. The zero-order valence-electron chi connectivity index (χ0n) is 10.3. The van der Waals surface area contributed by atoms with Gasteiger partial charge in [-0.2, -0.15) is 0 Å². The van der Waals surface area contributed by atoms with E-state index in [4.69, 9.17) is 0 Å². The van der Waals surface area contributed by atoms with E-state index in [2.05, 4.69) is 5.32 Å². The largest absolute Gasteiger partial charge is 0.358 e. The van der Waals surface area contributed by atoms with Gasteiger partial charge in [0.25, 0.3) is 0 Å². The van der Waals surface area contributed by atoms with Crippen molar-refractivity contribution < 1.29 is 9.59 Å². The molecule has 0 fully saturated rings. The molecule has 1 aromatic rings. The number of benzene rings is 1. The molecule has 1 aliphatic carbocycles. The number of nitrogens with one attached hydrogen (secondary N) is 1. The number of anilines is 1. The normalized spacial score (nSPS) is 15.2. The van der Waals surface area contributed by atoms with E-state index in [1.54, 1.807) is 28.7 Å². The molecule has 0 unspecified atom stereocenters. The van der Waals surface area contributed by atoms with Crippen LogP contribution < -0.4 is 5.32 Å². The fourth-order valence-electron chi connectivity index (χ4n) is 2.03. The summed E-state index contributed by atoms with van der Waals surface area (Å²) in [7, 11) is 0. The minimum Gasteiger partial charge on any atom is -0.358 e. The van der Waals surface area contributed by atoms with Gasteiger partial charge in [0, 0.05) is 51.5 Å². The van der Waals surface area contributed by atoms with E-state index in [1.807, 2.05) is 26.0 Å². The molecule has 18 heavy (non-hydrogen) atoms. The molecule has 1 aromatic carbocycles. The SMILES string of the molecule is CC1=C(Nc2ccc(C(=O)I)cc2C)CCC1=O. The Kier molecular flexibility index (Phi) is 3.85. The highest BCUT2D eigenvalue weighted by molar-refractivity contribution is 14.1. The highest BCUT2D eigenvalue weighted by Gasteiger charge is 2.19. The summed E-state index contributed by atoms with van der Waals surface area (Å²) in [5.74, 6) is 0.217. The maximum atomic E-state index is 11.5. The number of allylic oxidation sites excluding steroid dienone is 2. The summed E-state index contributed by atoms with van der Waals surface area (Å²) in [5.41, 5.74) is 4.49. The van der Waals surface area contributed by atoms with Crippen molar-refractivity contribution in [3.63, 3.8) is 0 Å². The predicted molar refractivity (Wildman–Crippen MR) is 80.1 cm³/mol. The number of halogens is 1. The second kappa shape index (κ2) is 5.22.